The highest BCUT2D eigenvalue weighted by atomic mass is 35.5. The van der Waals surface area contributed by atoms with Crippen LogP contribution >= 0.6 is 11.6 Å². The molecule has 0 aliphatic carbocycles. The van der Waals surface area contributed by atoms with E-state index in [0.29, 0.717) is 23.3 Å². The number of rotatable bonds is 6. The molecule has 2 heterocycles. The number of benzene rings is 2. The summed E-state index contributed by atoms with van der Waals surface area (Å²) >= 11 is 6.22. The Morgan fingerprint density at radius 1 is 1.19 bits per heavy atom. The van der Waals surface area contributed by atoms with Crippen molar-refractivity contribution in [1.82, 2.24) is 15.0 Å². The molecule has 1 aromatic heterocycles. The Bertz CT molecular complexity index is 1060. The number of nitrogens with one attached hydrogen (secondary N) is 1. The highest BCUT2D eigenvalue weighted by molar-refractivity contribution is 6.33. The van der Waals surface area contributed by atoms with Gasteiger partial charge < -0.3 is 9.84 Å². The van der Waals surface area contributed by atoms with E-state index in [1.54, 1.807) is 0 Å². The second-order valence-corrected chi connectivity index (χ2v) is 8.40. The molecule has 4 rings (SSSR count). The number of aryl methyl sites for hydroxylation is 2. The first-order valence-electron chi connectivity index (χ1n) is 10.7. The van der Waals surface area contributed by atoms with Crippen molar-refractivity contribution in [2.24, 2.45) is 5.92 Å². The van der Waals surface area contributed by atoms with Crippen molar-refractivity contribution in [3.05, 3.63) is 64.5 Å². The number of hydrogen-bond acceptors (Lipinski definition) is 5. The van der Waals surface area contributed by atoms with Crippen LogP contribution in [-0.4, -0.2) is 34.0 Å². The Morgan fingerprint density at radius 3 is 2.71 bits per heavy atom. The van der Waals surface area contributed by atoms with Crippen molar-refractivity contribution in [2.45, 2.75) is 39.7 Å². The van der Waals surface area contributed by atoms with E-state index >= 15 is 0 Å². The first-order valence-corrected chi connectivity index (χ1v) is 11.1. The molecular formula is C24H27ClN4O2. The van der Waals surface area contributed by atoms with Gasteiger partial charge in [-0.25, -0.2) is 0 Å². The topological polar surface area (TPSA) is 71.3 Å². The van der Waals surface area contributed by atoms with Gasteiger partial charge in [-0.3, -0.25) is 9.69 Å². The van der Waals surface area contributed by atoms with E-state index in [4.69, 9.17) is 16.1 Å². The molecule has 1 fully saturated rings. The molecule has 0 radical (unpaired) electrons. The molecule has 1 N–H and O–H groups in total. The summed E-state index contributed by atoms with van der Waals surface area (Å²) in [6, 6.07) is 13.6. The zero-order valence-corrected chi connectivity index (χ0v) is 18.7. The zero-order chi connectivity index (χ0) is 21.8. The van der Waals surface area contributed by atoms with Crippen LogP contribution in [0.25, 0.3) is 11.4 Å². The number of carbonyl (C=O) groups is 1. The molecule has 7 heteroatoms. The van der Waals surface area contributed by atoms with Crippen LogP contribution in [0.15, 0.2) is 47.0 Å². The standard InChI is InChI=1S/C24H27ClN4O2/c1-3-17-8-6-7-16(2)22(17)27-24(30)18-11-13-29(14-12-18)15-21-26-23(28-31-21)19-9-4-5-10-20(19)25/h4-10,18H,3,11-15H2,1-2H3,(H,27,30). The minimum absolute atomic E-state index is 0.0157. The maximum Gasteiger partial charge on any atom is 0.241 e. The predicted molar refractivity (Wildman–Crippen MR) is 122 cm³/mol. The predicted octanol–water partition coefficient (Wildman–Crippen LogP) is 5.11. The molecule has 6 nitrogen and oxygen atoms in total. The number of nitrogens with zero attached hydrogens (tertiary/aromatic N) is 3. The first kappa shape index (κ1) is 21.5. The monoisotopic (exact) mass is 438 g/mol. The van der Waals surface area contributed by atoms with Gasteiger partial charge in [0.2, 0.25) is 17.6 Å². The van der Waals surface area contributed by atoms with Gasteiger partial charge in [0.25, 0.3) is 0 Å². The van der Waals surface area contributed by atoms with E-state index in [2.05, 4.69) is 33.3 Å². The number of aromatic nitrogens is 2. The van der Waals surface area contributed by atoms with Crippen LogP contribution in [-0.2, 0) is 17.8 Å². The van der Waals surface area contributed by atoms with Gasteiger partial charge in [-0.05, 0) is 62.5 Å². The molecular weight excluding hydrogens is 412 g/mol. The third-order valence-corrected chi connectivity index (χ3v) is 6.22. The van der Waals surface area contributed by atoms with Gasteiger partial charge in [0.1, 0.15) is 0 Å². The van der Waals surface area contributed by atoms with Crippen LogP contribution in [0.5, 0.6) is 0 Å². The van der Waals surface area contributed by atoms with Crippen LogP contribution in [0.2, 0.25) is 5.02 Å². The molecule has 162 valence electrons. The number of halogens is 1. The number of hydrogen-bond donors (Lipinski definition) is 1. The first-order chi connectivity index (χ1) is 15.0. The van der Waals surface area contributed by atoms with Gasteiger partial charge in [0.05, 0.1) is 11.6 Å². The van der Waals surface area contributed by atoms with Gasteiger partial charge in [-0.15, -0.1) is 0 Å². The molecule has 0 unspecified atom stereocenters. The average Bonchev–Trinajstić information content (AvgIpc) is 3.24. The Balaban J connectivity index is 1.32. The summed E-state index contributed by atoms with van der Waals surface area (Å²) < 4.78 is 5.43. The maximum absolute atomic E-state index is 12.9. The second kappa shape index (κ2) is 9.62. The minimum Gasteiger partial charge on any atom is -0.338 e. The van der Waals surface area contributed by atoms with E-state index < -0.39 is 0 Å². The van der Waals surface area contributed by atoms with Crippen molar-refractivity contribution in [3.8, 4) is 11.4 Å². The summed E-state index contributed by atoms with van der Waals surface area (Å²) in [6.07, 6.45) is 2.52. The summed E-state index contributed by atoms with van der Waals surface area (Å²) in [5.74, 6) is 1.19. The Kier molecular flexibility index (Phi) is 6.68. The normalized spacial score (nSPS) is 15.2. The van der Waals surface area contributed by atoms with E-state index in [9.17, 15) is 4.79 Å². The molecule has 2 aromatic carbocycles. The lowest BCUT2D eigenvalue weighted by atomic mass is 9.95. The Morgan fingerprint density at radius 2 is 1.97 bits per heavy atom. The SMILES string of the molecule is CCc1cccc(C)c1NC(=O)C1CCN(Cc2nc(-c3ccccc3Cl)no2)CC1. The summed E-state index contributed by atoms with van der Waals surface area (Å²) in [7, 11) is 0. The lowest BCUT2D eigenvalue weighted by Crippen LogP contribution is -2.38. The summed E-state index contributed by atoms with van der Waals surface area (Å²) in [5.41, 5.74) is 4.01. The fourth-order valence-electron chi connectivity index (χ4n) is 4.04. The molecule has 0 bridgehead atoms. The van der Waals surface area contributed by atoms with Crippen LogP contribution in [0.3, 0.4) is 0 Å². The lowest BCUT2D eigenvalue weighted by Gasteiger charge is -2.30. The van der Waals surface area contributed by atoms with Crippen molar-refractivity contribution in [2.75, 3.05) is 18.4 Å². The number of para-hydroxylation sites is 1. The van der Waals surface area contributed by atoms with E-state index in [-0.39, 0.29) is 11.8 Å². The Hall–Kier alpha value is -2.70. The highest BCUT2D eigenvalue weighted by Gasteiger charge is 2.26. The van der Waals surface area contributed by atoms with E-state index in [0.717, 1.165) is 49.2 Å². The number of anilines is 1. The van der Waals surface area contributed by atoms with E-state index in [1.165, 1.54) is 5.56 Å². The second-order valence-electron chi connectivity index (χ2n) is 7.99. The quantitative estimate of drug-likeness (QED) is 0.578. The molecule has 0 atom stereocenters. The van der Waals surface area contributed by atoms with Crippen LogP contribution in [0.1, 0.15) is 36.8 Å². The maximum atomic E-state index is 12.9. The third kappa shape index (κ3) is 4.97. The summed E-state index contributed by atoms with van der Waals surface area (Å²) in [5, 5.41) is 7.84. The van der Waals surface area contributed by atoms with Gasteiger partial charge in [-0.1, -0.05) is 54.0 Å². The van der Waals surface area contributed by atoms with E-state index in [1.807, 2.05) is 43.3 Å². The summed E-state index contributed by atoms with van der Waals surface area (Å²) in [4.78, 5) is 19.6. The van der Waals surface area contributed by atoms with Gasteiger partial charge in [0.15, 0.2) is 0 Å². The van der Waals surface area contributed by atoms with Crippen LogP contribution in [0, 0.1) is 12.8 Å². The molecule has 1 aliphatic rings. The highest BCUT2D eigenvalue weighted by Crippen LogP contribution is 2.27. The number of piperidine rings is 1. The molecule has 0 saturated carbocycles. The van der Waals surface area contributed by atoms with Crippen molar-refractivity contribution in [1.29, 1.82) is 0 Å². The number of carbonyl (C=O) groups excluding carboxylic acids is 1. The zero-order valence-electron chi connectivity index (χ0n) is 17.9. The molecule has 1 amide bonds. The number of amides is 1. The van der Waals surface area contributed by atoms with Gasteiger partial charge >= 0.3 is 0 Å². The number of likely N-dealkylation sites (tertiary alicyclic amines) is 1. The summed E-state index contributed by atoms with van der Waals surface area (Å²) in [6.45, 7) is 6.35. The molecule has 1 saturated heterocycles. The van der Waals surface area contributed by atoms with Crippen molar-refractivity contribution in [3.63, 3.8) is 0 Å². The molecule has 1 aliphatic heterocycles. The van der Waals surface area contributed by atoms with Crippen LogP contribution < -0.4 is 5.32 Å². The molecule has 0 spiro atoms. The minimum atomic E-state index is 0.0157. The Labute approximate surface area is 187 Å². The molecule has 31 heavy (non-hydrogen) atoms. The van der Waals surface area contributed by atoms with Crippen LogP contribution in [0.4, 0.5) is 5.69 Å². The van der Waals surface area contributed by atoms with Gasteiger partial charge in [-0.2, -0.15) is 4.98 Å². The lowest BCUT2D eigenvalue weighted by molar-refractivity contribution is -0.121. The smallest absolute Gasteiger partial charge is 0.241 e. The fourth-order valence-corrected chi connectivity index (χ4v) is 4.26. The van der Waals surface area contributed by atoms with Crippen molar-refractivity contribution < 1.29 is 9.32 Å². The van der Waals surface area contributed by atoms with Gasteiger partial charge in [0, 0.05) is 17.2 Å². The fraction of sp³-hybridized carbons (Fsp3) is 0.375. The van der Waals surface area contributed by atoms with Crippen molar-refractivity contribution >= 4 is 23.2 Å². The largest absolute Gasteiger partial charge is 0.338 e. The average molecular weight is 439 g/mol. The molecule has 3 aromatic rings. The third-order valence-electron chi connectivity index (χ3n) is 5.89.